The highest BCUT2D eigenvalue weighted by Crippen LogP contribution is 2.32. The number of carbonyl (C=O) groups excluding carboxylic acids is 1. The van der Waals surface area contributed by atoms with Crippen LogP contribution in [0.2, 0.25) is 0 Å². The second-order valence-corrected chi connectivity index (χ2v) is 7.35. The number of hydrogen-bond acceptors (Lipinski definition) is 6. The third kappa shape index (κ3) is 6.01. The maximum absolute atomic E-state index is 13.5. The number of nitrogens with one attached hydrogen (secondary N) is 1. The van der Waals surface area contributed by atoms with E-state index in [2.05, 4.69) is 20.3 Å². The number of alkyl halides is 3. The van der Waals surface area contributed by atoms with E-state index in [1.807, 2.05) is 6.92 Å². The summed E-state index contributed by atoms with van der Waals surface area (Å²) in [7, 11) is 0. The summed E-state index contributed by atoms with van der Waals surface area (Å²) in [5.41, 5.74) is 12.2. The monoisotopic (exact) mass is 444 g/mol. The molecule has 168 valence electrons. The molecule has 1 amide bonds. The molecule has 1 unspecified atom stereocenters. The molecule has 2 aromatic heterocycles. The smallest absolute Gasteiger partial charge is 0.369 e. The summed E-state index contributed by atoms with van der Waals surface area (Å²) >= 11 is 0. The number of hydrogen-bond donors (Lipinski definition) is 3. The fourth-order valence-corrected chi connectivity index (χ4v) is 3.18. The molecule has 0 bridgehead atoms. The van der Waals surface area contributed by atoms with Crippen LogP contribution in [0.1, 0.15) is 40.9 Å². The summed E-state index contributed by atoms with van der Waals surface area (Å²) < 4.78 is 40.6. The van der Waals surface area contributed by atoms with E-state index in [0.29, 0.717) is 11.4 Å². The number of nitrogens with zero attached hydrogens (tertiary/aromatic N) is 3. The fraction of sp³-hybridized carbons (Fsp3) is 0.273. The van der Waals surface area contributed by atoms with Crippen molar-refractivity contribution in [3.8, 4) is 0 Å². The van der Waals surface area contributed by atoms with Crippen LogP contribution in [-0.4, -0.2) is 20.9 Å². The highest BCUT2D eigenvalue weighted by atomic mass is 19.4. The van der Waals surface area contributed by atoms with E-state index < -0.39 is 17.6 Å². The van der Waals surface area contributed by atoms with Crippen LogP contribution in [0.25, 0.3) is 0 Å². The van der Waals surface area contributed by atoms with E-state index in [4.69, 9.17) is 11.5 Å². The maximum Gasteiger partial charge on any atom is 0.419 e. The average molecular weight is 444 g/mol. The van der Waals surface area contributed by atoms with Gasteiger partial charge in [-0.3, -0.25) is 4.79 Å². The zero-order valence-electron chi connectivity index (χ0n) is 17.4. The van der Waals surface area contributed by atoms with Gasteiger partial charge in [-0.1, -0.05) is 30.3 Å². The average Bonchev–Trinajstić information content (AvgIpc) is 2.72. The Balaban J connectivity index is 1.84. The number of halogens is 3. The molecule has 0 saturated heterocycles. The molecular formula is C22H23F3N6O. The number of carbonyl (C=O) groups is 1. The first-order valence-corrected chi connectivity index (χ1v) is 9.90. The maximum atomic E-state index is 13.5. The van der Waals surface area contributed by atoms with Gasteiger partial charge in [0.2, 0.25) is 11.9 Å². The minimum atomic E-state index is -4.60. The van der Waals surface area contributed by atoms with Crippen molar-refractivity contribution in [2.45, 2.75) is 38.4 Å². The van der Waals surface area contributed by atoms with Gasteiger partial charge in [-0.15, -0.1) is 0 Å². The fourth-order valence-electron chi connectivity index (χ4n) is 3.18. The van der Waals surface area contributed by atoms with Gasteiger partial charge < -0.3 is 16.8 Å². The number of primary amides is 1. The summed E-state index contributed by atoms with van der Waals surface area (Å²) in [6.07, 6.45) is -1.99. The normalized spacial score (nSPS) is 12.4. The lowest BCUT2D eigenvalue weighted by Gasteiger charge is -2.14. The van der Waals surface area contributed by atoms with Crippen LogP contribution in [0, 0.1) is 0 Å². The van der Waals surface area contributed by atoms with Gasteiger partial charge in [0.15, 0.2) is 0 Å². The first-order valence-electron chi connectivity index (χ1n) is 9.90. The molecule has 7 nitrogen and oxygen atoms in total. The van der Waals surface area contributed by atoms with Crippen molar-refractivity contribution in [2.75, 3.05) is 5.32 Å². The number of amides is 1. The van der Waals surface area contributed by atoms with Gasteiger partial charge in [0.1, 0.15) is 5.82 Å². The van der Waals surface area contributed by atoms with Crippen molar-refractivity contribution in [1.82, 2.24) is 15.0 Å². The first kappa shape index (κ1) is 23.1. The van der Waals surface area contributed by atoms with Crippen LogP contribution < -0.4 is 16.8 Å². The Morgan fingerprint density at radius 1 is 1.06 bits per heavy atom. The van der Waals surface area contributed by atoms with Crippen LogP contribution in [-0.2, 0) is 30.2 Å². The number of benzene rings is 1. The standard InChI is InChI=1S/C22H23F3N6O/c1-13(26)16-7-9-20(28-11-16)31-21-29-12-17(22(23,24)25)18(30-21)8-6-14-4-2-3-5-15(14)10-19(27)32/h2-5,7,9,11-13H,6,8,10,26H2,1H3,(H2,27,32)(H,28,29,30,31). The molecule has 2 heterocycles. The van der Waals surface area contributed by atoms with Gasteiger partial charge in [-0.25, -0.2) is 15.0 Å². The zero-order chi connectivity index (χ0) is 23.3. The molecule has 5 N–H and O–H groups in total. The minimum Gasteiger partial charge on any atom is -0.369 e. The summed E-state index contributed by atoms with van der Waals surface area (Å²) in [5, 5.41) is 2.82. The molecule has 0 aliphatic carbocycles. The Kier molecular flexibility index (Phi) is 7.04. The zero-order valence-corrected chi connectivity index (χ0v) is 17.4. The Morgan fingerprint density at radius 3 is 2.38 bits per heavy atom. The Bertz CT molecular complexity index is 1080. The molecule has 3 aromatic rings. The van der Waals surface area contributed by atoms with Gasteiger partial charge in [0, 0.05) is 18.4 Å². The topological polar surface area (TPSA) is 120 Å². The van der Waals surface area contributed by atoms with Crippen molar-refractivity contribution in [3.05, 3.63) is 76.7 Å². The second-order valence-electron chi connectivity index (χ2n) is 7.35. The third-order valence-corrected chi connectivity index (χ3v) is 4.84. The van der Waals surface area contributed by atoms with Crippen molar-refractivity contribution >= 4 is 17.7 Å². The van der Waals surface area contributed by atoms with Crippen LogP contribution in [0.4, 0.5) is 24.9 Å². The van der Waals surface area contributed by atoms with E-state index in [-0.39, 0.29) is 36.9 Å². The van der Waals surface area contributed by atoms with Gasteiger partial charge in [0.25, 0.3) is 0 Å². The van der Waals surface area contributed by atoms with E-state index in [1.165, 1.54) is 0 Å². The predicted octanol–water partition coefficient (Wildman–Crippen LogP) is 3.47. The van der Waals surface area contributed by atoms with Crippen LogP contribution in [0.5, 0.6) is 0 Å². The summed E-state index contributed by atoms with van der Waals surface area (Å²) in [6.45, 7) is 1.82. The van der Waals surface area contributed by atoms with Gasteiger partial charge in [-0.05, 0) is 42.5 Å². The minimum absolute atomic E-state index is 0.000493. The molecule has 0 aliphatic rings. The molecule has 0 saturated carbocycles. The Labute approximate surface area is 183 Å². The summed E-state index contributed by atoms with van der Waals surface area (Å²) in [4.78, 5) is 23.4. The lowest BCUT2D eigenvalue weighted by molar-refractivity contribution is -0.138. The molecule has 32 heavy (non-hydrogen) atoms. The summed E-state index contributed by atoms with van der Waals surface area (Å²) in [6, 6.07) is 10.2. The molecule has 0 radical (unpaired) electrons. The van der Waals surface area contributed by atoms with Crippen LogP contribution in [0.15, 0.2) is 48.8 Å². The van der Waals surface area contributed by atoms with Crippen molar-refractivity contribution in [1.29, 1.82) is 0 Å². The van der Waals surface area contributed by atoms with E-state index in [1.54, 1.807) is 42.6 Å². The first-order chi connectivity index (χ1) is 15.1. The molecule has 3 rings (SSSR count). The molecular weight excluding hydrogens is 421 g/mol. The highest BCUT2D eigenvalue weighted by Gasteiger charge is 2.34. The Hall–Kier alpha value is -3.53. The number of aryl methyl sites for hydroxylation is 2. The van der Waals surface area contributed by atoms with E-state index in [9.17, 15) is 18.0 Å². The van der Waals surface area contributed by atoms with Gasteiger partial charge in [0.05, 0.1) is 17.7 Å². The Morgan fingerprint density at radius 2 is 1.78 bits per heavy atom. The molecule has 1 aromatic carbocycles. The van der Waals surface area contributed by atoms with Gasteiger partial charge in [-0.2, -0.15) is 13.2 Å². The van der Waals surface area contributed by atoms with Crippen LogP contribution >= 0.6 is 0 Å². The van der Waals surface area contributed by atoms with Crippen molar-refractivity contribution < 1.29 is 18.0 Å². The summed E-state index contributed by atoms with van der Waals surface area (Å²) in [5.74, 6) is -0.129. The number of pyridine rings is 1. The highest BCUT2D eigenvalue weighted by molar-refractivity contribution is 5.77. The molecule has 0 aliphatic heterocycles. The SMILES string of the molecule is CC(N)c1ccc(Nc2ncc(C(F)(F)F)c(CCc3ccccc3CC(N)=O)n2)nc1. The quantitative estimate of drug-likeness (QED) is 0.489. The van der Waals surface area contributed by atoms with Crippen LogP contribution in [0.3, 0.4) is 0 Å². The number of anilines is 2. The van der Waals surface area contributed by atoms with E-state index >= 15 is 0 Å². The van der Waals surface area contributed by atoms with Crippen molar-refractivity contribution in [3.63, 3.8) is 0 Å². The largest absolute Gasteiger partial charge is 0.419 e. The van der Waals surface area contributed by atoms with Gasteiger partial charge >= 0.3 is 6.18 Å². The predicted molar refractivity (Wildman–Crippen MR) is 114 cm³/mol. The number of nitrogens with two attached hydrogens (primary N) is 2. The molecule has 0 spiro atoms. The van der Waals surface area contributed by atoms with Crippen molar-refractivity contribution in [2.24, 2.45) is 11.5 Å². The lowest BCUT2D eigenvalue weighted by atomic mass is 9.98. The molecule has 10 heteroatoms. The molecule has 0 fully saturated rings. The second kappa shape index (κ2) is 9.73. The lowest BCUT2D eigenvalue weighted by Crippen LogP contribution is -2.16. The molecule has 1 atom stereocenters. The number of aromatic nitrogens is 3. The van der Waals surface area contributed by atoms with E-state index in [0.717, 1.165) is 17.3 Å². The number of rotatable bonds is 8. The third-order valence-electron chi connectivity index (χ3n) is 4.84.